The summed E-state index contributed by atoms with van der Waals surface area (Å²) in [6, 6.07) is 7.31. The molecule has 2 aromatic rings. The van der Waals surface area contributed by atoms with E-state index in [-0.39, 0.29) is 6.79 Å². The minimum atomic E-state index is 0.270. The summed E-state index contributed by atoms with van der Waals surface area (Å²) in [6.07, 6.45) is 0.721. The topological polar surface area (TPSA) is 82.4 Å². The second-order valence-corrected chi connectivity index (χ2v) is 3.93. The fraction of sp³-hybridized carbons (Fsp3) is 0.250. The van der Waals surface area contributed by atoms with Crippen LogP contribution in [0.5, 0.6) is 17.2 Å². The van der Waals surface area contributed by atoms with Crippen LogP contribution in [-0.2, 0) is 6.42 Å². The van der Waals surface area contributed by atoms with Gasteiger partial charge in [-0.05, 0) is 12.1 Å². The average molecular weight is 247 g/mol. The summed E-state index contributed by atoms with van der Waals surface area (Å²) in [4.78, 5) is 0. The van der Waals surface area contributed by atoms with Gasteiger partial charge in [0, 0.05) is 24.2 Å². The van der Waals surface area contributed by atoms with Crippen LogP contribution in [0, 0.1) is 0 Å². The van der Waals surface area contributed by atoms with Gasteiger partial charge >= 0.3 is 0 Å². The van der Waals surface area contributed by atoms with Gasteiger partial charge in [0.25, 0.3) is 0 Å². The third-order valence-electron chi connectivity index (χ3n) is 2.63. The number of nitrogen functional groups attached to an aromatic ring is 1. The minimum absolute atomic E-state index is 0.270. The first kappa shape index (κ1) is 10.8. The van der Waals surface area contributed by atoms with Crippen molar-refractivity contribution in [3.63, 3.8) is 0 Å². The van der Waals surface area contributed by atoms with Crippen LogP contribution in [0.25, 0.3) is 0 Å². The molecule has 1 aliphatic heterocycles. The van der Waals surface area contributed by atoms with Gasteiger partial charge in [-0.15, -0.1) is 0 Å². The number of hydrogen-bond donors (Lipinski definition) is 2. The Hall–Kier alpha value is -2.37. The fourth-order valence-electron chi connectivity index (χ4n) is 1.75. The normalized spacial score (nSPS) is 12.7. The highest BCUT2D eigenvalue weighted by atomic mass is 16.7. The number of aromatic amines is 1. The zero-order valence-electron chi connectivity index (χ0n) is 9.68. The van der Waals surface area contributed by atoms with E-state index < -0.39 is 0 Å². The number of ether oxygens (including phenoxy) is 3. The predicted octanol–water partition coefficient (Wildman–Crippen LogP) is 1.34. The Morgan fingerprint density at radius 3 is 3.00 bits per heavy atom. The molecule has 0 fully saturated rings. The van der Waals surface area contributed by atoms with Crippen LogP contribution in [0.15, 0.2) is 24.3 Å². The van der Waals surface area contributed by atoms with Crippen LogP contribution >= 0.6 is 0 Å². The van der Waals surface area contributed by atoms with Crippen molar-refractivity contribution in [2.75, 3.05) is 19.1 Å². The van der Waals surface area contributed by atoms with E-state index >= 15 is 0 Å². The molecule has 94 valence electrons. The Balaban J connectivity index is 1.57. The summed E-state index contributed by atoms with van der Waals surface area (Å²) in [5, 5.41) is 6.68. The number of anilines is 1. The van der Waals surface area contributed by atoms with E-state index in [2.05, 4.69) is 10.2 Å². The van der Waals surface area contributed by atoms with E-state index in [1.54, 1.807) is 6.07 Å². The molecule has 1 aliphatic rings. The number of H-pyrrole nitrogens is 1. The van der Waals surface area contributed by atoms with Crippen molar-refractivity contribution in [2.45, 2.75) is 6.42 Å². The molecule has 3 N–H and O–H groups in total. The molecule has 1 aromatic heterocycles. The lowest BCUT2D eigenvalue weighted by atomic mass is 10.3. The maximum absolute atomic E-state index is 5.62. The third-order valence-corrected chi connectivity index (χ3v) is 2.63. The highest BCUT2D eigenvalue weighted by molar-refractivity contribution is 5.46. The number of hydrogen-bond acceptors (Lipinski definition) is 5. The third kappa shape index (κ3) is 2.17. The maximum Gasteiger partial charge on any atom is 0.231 e. The molecule has 0 bridgehead atoms. The second-order valence-electron chi connectivity index (χ2n) is 3.93. The monoisotopic (exact) mass is 247 g/mol. The number of fused-ring (bicyclic) bond motifs is 1. The number of aromatic nitrogens is 2. The molecule has 3 rings (SSSR count). The number of nitrogens with two attached hydrogens (primary N) is 1. The first-order chi connectivity index (χ1) is 8.81. The summed E-state index contributed by atoms with van der Waals surface area (Å²) in [5.74, 6) is 2.72. The smallest absolute Gasteiger partial charge is 0.231 e. The Bertz CT molecular complexity index is 553. The lowest BCUT2D eigenvalue weighted by Gasteiger charge is -2.05. The molecule has 0 saturated heterocycles. The Kier molecular flexibility index (Phi) is 2.68. The quantitative estimate of drug-likeness (QED) is 0.852. The van der Waals surface area contributed by atoms with Gasteiger partial charge in [0.05, 0.1) is 6.61 Å². The molecule has 18 heavy (non-hydrogen) atoms. The Morgan fingerprint density at radius 1 is 1.28 bits per heavy atom. The van der Waals surface area contributed by atoms with E-state index in [4.69, 9.17) is 19.9 Å². The summed E-state index contributed by atoms with van der Waals surface area (Å²) in [6.45, 7) is 0.813. The molecule has 2 heterocycles. The first-order valence-corrected chi connectivity index (χ1v) is 5.63. The van der Waals surface area contributed by atoms with Crippen molar-refractivity contribution in [3.8, 4) is 17.2 Å². The van der Waals surface area contributed by atoms with E-state index in [0.29, 0.717) is 12.4 Å². The van der Waals surface area contributed by atoms with Crippen LogP contribution < -0.4 is 19.9 Å². The molecule has 0 radical (unpaired) electrons. The number of nitrogens with zero attached hydrogens (tertiary/aromatic N) is 1. The van der Waals surface area contributed by atoms with Gasteiger partial charge in [-0.25, -0.2) is 0 Å². The fourth-order valence-corrected chi connectivity index (χ4v) is 1.75. The summed E-state index contributed by atoms with van der Waals surface area (Å²) in [7, 11) is 0. The SMILES string of the molecule is Nc1cc(CCOc2ccc3c(c2)OCO3)[nH]n1. The van der Waals surface area contributed by atoms with Crippen LogP contribution in [0.1, 0.15) is 5.69 Å². The largest absolute Gasteiger partial charge is 0.493 e. The standard InChI is InChI=1S/C12H13N3O3/c13-12-5-8(14-15-12)3-4-16-9-1-2-10-11(6-9)18-7-17-10/h1-2,5-6H,3-4,7H2,(H3,13,14,15). The molecule has 0 atom stereocenters. The van der Waals surface area contributed by atoms with Gasteiger partial charge in [0.1, 0.15) is 11.6 Å². The van der Waals surface area contributed by atoms with E-state index in [1.807, 2.05) is 18.2 Å². The molecular weight excluding hydrogens is 234 g/mol. The number of nitrogens with one attached hydrogen (secondary N) is 1. The van der Waals surface area contributed by atoms with Gasteiger partial charge in [-0.3, -0.25) is 5.10 Å². The molecule has 0 aliphatic carbocycles. The zero-order valence-corrected chi connectivity index (χ0v) is 9.68. The number of benzene rings is 1. The Morgan fingerprint density at radius 2 is 2.17 bits per heavy atom. The molecule has 6 nitrogen and oxygen atoms in total. The van der Waals surface area contributed by atoms with Crippen molar-refractivity contribution in [1.29, 1.82) is 0 Å². The summed E-state index contributed by atoms with van der Waals surface area (Å²) >= 11 is 0. The molecule has 0 spiro atoms. The Labute approximate surface area is 104 Å². The van der Waals surface area contributed by atoms with Crippen molar-refractivity contribution >= 4 is 5.82 Å². The molecule has 0 saturated carbocycles. The first-order valence-electron chi connectivity index (χ1n) is 5.63. The predicted molar refractivity (Wildman–Crippen MR) is 64.8 cm³/mol. The van der Waals surface area contributed by atoms with Crippen molar-refractivity contribution in [1.82, 2.24) is 10.2 Å². The molecular formula is C12H13N3O3. The van der Waals surface area contributed by atoms with Crippen molar-refractivity contribution in [3.05, 3.63) is 30.0 Å². The summed E-state index contributed by atoms with van der Waals surface area (Å²) < 4.78 is 16.1. The summed E-state index contributed by atoms with van der Waals surface area (Å²) in [5.41, 5.74) is 6.46. The van der Waals surface area contributed by atoms with Gasteiger partial charge in [0.15, 0.2) is 11.5 Å². The van der Waals surface area contributed by atoms with Gasteiger partial charge in [0.2, 0.25) is 6.79 Å². The average Bonchev–Trinajstić information content (AvgIpc) is 2.97. The molecule has 1 aromatic carbocycles. The molecule has 0 unspecified atom stereocenters. The van der Waals surface area contributed by atoms with Gasteiger partial charge < -0.3 is 19.9 Å². The highest BCUT2D eigenvalue weighted by Gasteiger charge is 2.13. The van der Waals surface area contributed by atoms with E-state index in [0.717, 1.165) is 29.4 Å². The van der Waals surface area contributed by atoms with E-state index in [9.17, 15) is 0 Å². The van der Waals surface area contributed by atoms with Gasteiger partial charge in [-0.2, -0.15) is 5.10 Å². The second kappa shape index (κ2) is 4.48. The van der Waals surface area contributed by atoms with Crippen LogP contribution in [0.3, 0.4) is 0 Å². The number of rotatable bonds is 4. The minimum Gasteiger partial charge on any atom is -0.493 e. The van der Waals surface area contributed by atoms with E-state index in [1.165, 1.54) is 0 Å². The lowest BCUT2D eigenvalue weighted by Crippen LogP contribution is -2.01. The molecule has 6 heteroatoms. The van der Waals surface area contributed by atoms with Crippen molar-refractivity contribution < 1.29 is 14.2 Å². The van der Waals surface area contributed by atoms with Crippen LogP contribution in [0.4, 0.5) is 5.82 Å². The zero-order chi connectivity index (χ0) is 12.4. The molecule has 0 amide bonds. The lowest BCUT2D eigenvalue weighted by molar-refractivity contribution is 0.173. The van der Waals surface area contributed by atoms with Crippen molar-refractivity contribution in [2.24, 2.45) is 0 Å². The highest BCUT2D eigenvalue weighted by Crippen LogP contribution is 2.35. The van der Waals surface area contributed by atoms with Crippen LogP contribution in [-0.4, -0.2) is 23.6 Å². The maximum atomic E-state index is 5.62. The van der Waals surface area contributed by atoms with Gasteiger partial charge in [-0.1, -0.05) is 0 Å². The van der Waals surface area contributed by atoms with Crippen LogP contribution in [0.2, 0.25) is 0 Å².